The van der Waals surface area contributed by atoms with E-state index in [1.165, 1.54) is 32.7 Å². The van der Waals surface area contributed by atoms with E-state index in [4.69, 9.17) is 5.73 Å². The number of hydrogen-bond donors (Lipinski definition) is 1. The normalized spacial score (nSPS) is 27.9. The Bertz CT molecular complexity index is 159. The highest BCUT2D eigenvalue weighted by atomic mass is 15.3. The molecule has 0 radical (unpaired) electrons. The van der Waals surface area contributed by atoms with E-state index in [9.17, 15) is 0 Å². The Hall–Kier alpha value is -0.120. The van der Waals surface area contributed by atoms with Crippen LogP contribution in [-0.4, -0.2) is 54.6 Å². The molecule has 1 fully saturated rings. The molecule has 0 saturated carbocycles. The fourth-order valence-corrected chi connectivity index (χ4v) is 2.13. The van der Waals surface area contributed by atoms with Gasteiger partial charge < -0.3 is 10.6 Å². The number of nitrogens with two attached hydrogens (primary N) is 1. The van der Waals surface area contributed by atoms with Gasteiger partial charge in [-0.1, -0.05) is 6.92 Å². The average Bonchev–Trinajstić information content (AvgIpc) is 2.15. The molecule has 2 N–H and O–H groups in total. The fraction of sp³-hybridized carbons (Fsp3) is 1.00. The van der Waals surface area contributed by atoms with Crippen LogP contribution in [0.4, 0.5) is 0 Å². The molecule has 0 amide bonds. The molecule has 0 aromatic heterocycles. The Morgan fingerprint density at radius 1 is 1.43 bits per heavy atom. The molecule has 1 heterocycles. The van der Waals surface area contributed by atoms with Crippen molar-refractivity contribution in [1.29, 1.82) is 0 Å². The highest BCUT2D eigenvalue weighted by molar-refractivity contribution is 4.78. The maximum Gasteiger partial charge on any atom is 0.0195 e. The molecule has 2 atom stereocenters. The fourth-order valence-electron chi connectivity index (χ4n) is 2.13. The summed E-state index contributed by atoms with van der Waals surface area (Å²) < 4.78 is 0. The number of rotatable bonds is 4. The summed E-state index contributed by atoms with van der Waals surface area (Å²) in [5.74, 6) is 0. The number of piperazine rings is 1. The Balaban J connectivity index is 2.24. The third-order valence-electron chi connectivity index (χ3n) is 3.16. The molecule has 2 unspecified atom stereocenters. The standard InChI is InChI=1S/C11H25N3/c1-4-14-8-7-13(9-11(14)3)6-5-10(2)12/h10-11H,4-9,12H2,1-3H3. The lowest BCUT2D eigenvalue weighted by molar-refractivity contribution is 0.0864. The summed E-state index contributed by atoms with van der Waals surface area (Å²) in [6.07, 6.45) is 1.12. The van der Waals surface area contributed by atoms with E-state index < -0.39 is 0 Å². The molecule has 14 heavy (non-hydrogen) atoms. The van der Waals surface area contributed by atoms with Gasteiger partial charge in [0.1, 0.15) is 0 Å². The summed E-state index contributed by atoms with van der Waals surface area (Å²) in [4.78, 5) is 5.09. The topological polar surface area (TPSA) is 32.5 Å². The van der Waals surface area contributed by atoms with E-state index >= 15 is 0 Å². The van der Waals surface area contributed by atoms with E-state index in [0.717, 1.165) is 6.42 Å². The molecule has 0 aromatic carbocycles. The smallest absolute Gasteiger partial charge is 0.0195 e. The van der Waals surface area contributed by atoms with E-state index in [1.807, 2.05) is 0 Å². The van der Waals surface area contributed by atoms with Crippen molar-refractivity contribution in [3.05, 3.63) is 0 Å². The average molecular weight is 199 g/mol. The molecular formula is C11H25N3. The van der Waals surface area contributed by atoms with Crippen molar-refractivity contribution < 1.29 is 0 Å². The van der Waals surface area contributed by atoms with Crippen molar-refractivity contribution in [3.8, 4) is 0 Å². The van der Waals surface area contributed by atoms with E-state index in [2.05, 4.69) is 30.6 Å². The summed E-state index contributed by atoms with van der Waals surface area (Å²) in [6, 6.07) is 1.05. The van der Waals surface area contributed by atoms with Gasteiger partial charge in [0.2, 0.25) is 0 Å². The second-order valence-corrected chi connectivity index (χ2v) is 4.54. The Morgan fingerprint density at radius 3 is 2.64 bits per heavy atom. The predicted octanol–water partition coefficient (Wildman–Crippen LogP) is 0.750. The molecular weight excluding hydrogens is 174 g/mol. The third kappa shape index (κ3) is 3.56. The summed E-state index contributed by atoms with van der Waals surface area (Å²) in [6.45, 7) is 12.6. The van der Waals surface area contributed by atoms with Crippen LogP contribution < -0.4 is 5.73 Å². The first-order valence-electron chi connectivity index (χ1n) is 5.85. The number of likely N-dealkylation sites (N-methyl/N-ethyl adjacent to an activating group) is 1. The lowest BCUT2D eigenvalue weighted by atomic mass is 10.1. The van der Waals surface area contributed by atoms with Crippen LogP contribution in [0.15, 0.2) is 0 Å². The molecule has 0 spiro atoms. The van der Waals surface area contributed by atoms with Crippen molar-refractivity contribution in [2.45, 2.75) is 39.3 Å². The predicted molar refractivity (Wildman–Crippen MR) is 61.4 cm³/mol. The van der Waals surface area contributed by atoms with Crippen LogP contribution in [0.1, 0.15) is 27.2 Å². The Kier molecular flexibility index (Phi) is 4.85. The number of nitrogens with zero attached hydrogens (tertiary/aromatic N) is 2. The lowest BCUT2D eigenvalue weighted by Gasteiger charge is -2.39. The van der Waals surface area contributed by atoms with Gasteiger partial charge in [0.25, 0.3) is 0 Å². The van der Waals surface area contributed by atoms with Crippen molar-refractivity contribution >= 4 is 0 Å². The van der Waals surface area contributed by atoms with Crippen LogP contribution in [-0.2, 0) is 0 Å². The van der Waals surface area contributed by atoms with Crippen molar-refractivity contribution in [2.24, 2.45) is 5.73 Å². The first kappa shape index (κ1) is 12.0. The first-order chi connectivity index (χ1) is 6.63. The largest absolute Gasteiger partial charge is 0.328 e. The van der Waals surface area contributed by atoms with Gasteiger partial charge in [0, 0.05) is 31.7 Å². The molecule has 1 aliphatic heterocycles. The minimum absolute atomic E-state index is 0.342. The van der Waals surface area contributed by atoms with Gasteiger partial charge in [-0.3, -0.25) is 4.90 Å². The zero-order chi connectivity index (χ0) is 10.6. The van der Waals surface area contributed by atoms with E-state index in [1.54, 1.807) is 0 Å². The van der Waals surface area contributed by atoms with Gasteiger partial charge in [-0.05, 0) is 33.4 Å². The van der Waals surface area contributed by atoms with Crippen molar-refractivity contribution in [2.75, 3.05) is 32.7 Å². The van der Waals surface area contributed by atoms with Gasteiger partial charge in [0.15, 0.2) is 0 Å². The zero-order valence-corrected chi connectivity index (χ0v) is 9.87. The monoisotopic (exact) mass is 199 g/mol. The second kappa shape index (κ2) is 5.69. The van der Waals surface area contributed by atoms with Crippen LogP contribution in [0.5, 0.6) is 0 Å². The molecule has 0 aromatic rings. The highest BCUT2D eigenvalue weighted by Gasteiger charge is 2.21. The van der Waals surface area contributed by atoms with Gasteiger partial charge in [0.05, 0.1) is 0 Å². The second-order valence-electron chi connectivity index (χ2n) is 4.54. The maximum absolute atomic E-state index is 5.76. The SMILES string of the molecule is CCN1CCN(CCC(C)N)CC1C. The molecule has 0 bridgehead atoms. The molecule has 1 aliphatic rings. The molecule has 3 heteroatoms. The summed E-state index contributed by atoms with van der Waals surface area (Å²) in [5, 5.41) is 0. The summed E-state index contributed by atoms with van der Waals surface area (Å²) in [7, 11) is 0. The highest BCUT2D eigenvalue weighted by Crippen LogP contribution is 2.09. The molecule has 1 saturated heterocycles. The third-order valence-corrected chi connectivity index (χ3v) is 3.16. The maximum atomic E-state index is 5.76. The summed E-state index contributed by atoms with van der Waals surface area (Å²) in [5.41, 5.74) is 5.76. The molecule has 84 valence electrons. The molecule has 1 rings (SSSR count). The minimum atomic E-state index is 0.342. The van der Waals surface area contributed by atoms with Gasteiger partial charge in [-0.15, -0.1) is 0 Å². The van der Waals surface area contributed by atoms with Gasteiger partial charge in [-0.2, -0.15) is 0 Å². The zero-order valence-electron chi connectivity index (χ0n) is 9.87. The Morgan fingerprint density at radius 2 is 2.14 bits per heavy atom. The van der Waals surface area contributed by atoms with Gasteiger partial charge >= 0.3 is 0 Å². The molecule has 0 aliphatic carbocycles. The van der Waals surface area contributed by atoms with E-state index in [0.29, 0.717) is 12.1 Å². The van der Waals surface area contributed by atoms with E-state index in [-0.39, 0.29) is 0 Å². The number of hydrogen-bond acceptors (Lipinski definition) is 3. The minimum Gasteiger partial charge on any atom is -0.328 e. The van der Waals surface area contributed by atoms with Crippen LogP contribution in [0, 0.1) is 0 Å². The molecule has 3 nitrogen and oxygen atoms in total. The van der Waals surface area contributed by atoms with Crippen LogP contribution >= 0.6 is 0 Å². The van der Waals surface area contributed by atoms with Crippen LogP contribution in [0.25, 0.3) is 0 Å². The van der Waals surface area contributed by atoms with Crippen LogP contribution in [0.3, 0.4) is 0 Å². The van der Waals surface area contributed by atoms with Gasteiger partial charge in [-0.25, -0.2) is 0 Å². The quantitative estimate of drug-likeness (QED) is 0.725. The van der Waals surface area contributed by atoms with Crippen molar-refractivity contribution in [3.63, 3.8) is 0 Å². The lowest BCUT2D eigenvalue weighted by Crippen LogP contribution is -2.52. The van der Waals surface area contributed by atoms with Crippen LogP contribution in [0.2, 0.25) is 0 Å². The summed E-state index contributed by atoms with van der Waals surface area (Å²) >= 11 is 0. The first-order valence-corrected chi connectivity index (χ1v) is 5.85. The van der Waals surface area contributed by atoms with Crippen molar-refractivity contribution in [1.82, 2.24) is 9.80 Å². The Labute approximate surface area is 88.2 Å².